The standard InChI is InChI=1S/C20H31NO5/c1-23-17-5-4-6-18(24-2)16(17)14-21-10-9-20(25-3)8-7-15(13-19(20)21)26-12-11-22/h4-6,15,19,22H,7-14H2,1-3H3/t15-,19+,20-/m1/s1. The van der Waals surface area contributed by atoms with Gasteiger partial charge in [-0.25, -0.2) is 0 Å². The molecule has 1 saturated heterocycles. The van der Waals surface area contributed by atoms with Crippen molar-refractivity contribution < 1.29 is 24.1 Å². The second-order valence-electron chi connectivity index (χ2n) is 7.14. The highest BCUT2D eigenvalue weighted by molar-refractivity contribution is 5.44. The number of fused-ring (bicyclic) bond motifs is 1. The van der Waals surface area contributed by atoms with Crippen LogP contribution in [0, 0.1) is 0 Å². The predicted octanol–water partition coefficient (Wildman–Crippen LogP) is 2.22. The minimum absolute atomic E-state index is 0.0682. The van der Waals surface area contributed by atoms with Crippen molar-refractivity contribution >= 4 is 0 Å². The Bertz CT molecular complexity index is 573. The zero-order valence-corrected chi connectivity index (χ0v) is 16.1. The summed E-state index contributed by atoms with van der Waals surface area (Å²) in [5.41, 5.74) is 0.969. The summed E-state index contributed by atoms with van der Waals surface area (Å²) < 4.78 is 23.0. The van der Waals surface area contributed by atoms with Gasteiger partial charge in [0.05, 0.1) is 44.7 Å². The zero-order chi connectivity index (χ0) is 18.6. The quantitative estimate of drug-likeness (QED) is 0.762. The Balaban J connectivity index is 1.80. The van der Waals surface area contributed by atoms with Gasteiger partial charge in [-0.1, -0.05) is 6.07 Å². The molecule has 1 N–H and O–H groups in total. The molecule has 6 heteroatoms. The molecule has 1 saturated carbocycles. The molecule has 0 aromatic heterocycles. The predicted molar refractivity (Wildman–Crippen MR) is 98.8 cm³/mol. The highest BCUT2D eigenvalue weighted by atomic mass is 16.5. The summed E-state index contributed by atoms with van der Waals surface area (Å²) in [6.07, 6.45) is 4.10. The van der Waals surface area contributed by atoms with Crippen LogP contribution in [-0.4, -0.2) is 68.8 Å². The Hall–Kier alpha value is -1.34. The third kappa shape index (κ3) is 3.69. The molecule has 1 aromatic carbocycles. The fourth-order valence-electron chi connectivity index (χ4n) is 4.60. The molecule has 0 radical (unpaired) electrons. The molecule has 1 aliphatic carbocycles. The monoisotopic (exact) mass is 365 g/mol. The molecule has 2 fully saturated rings. The highest BCUT2D eigenvalue weighted by Crippen LogP contribution is 2.44. The van der Waals surface area contributed by atoms with Crippen LogP contribution in [-0.2, 0) is 16.0 Å². The molecule has 2 aliphatic rings. The maximum atomic E-state index is 9.06. The Labute approximate surface area is 156 Å². The summed E-state index contributed by atoms with van der Waals surface area (Å²) >= 11 is 0. The molecule has 146 valence electrons. The number of benzene rings is 1. The van der Waals surface area contributed by atoms with Crippen molar-refractivity contribution in [3.8, 4) is 11.5 Å². The van der Waals surface area contributed by atoms with E-state index in [0.29, 0.717) is 12.6 Å². The van der Waals surface area contributed by atoms with Gasteiger partial charge in [0, 0.05) is 26.2 Å². The van der Waals surface area contributed by atoms with Gasteiger partial charge in [0.2, 0.25) is 0 Å². The highest BCUT2D eigenvalue weighted by Gasteiger charge is 2.51. The lowest BCUT2D eigenvalue weighted by Gasteiger charge is -2.43. The molecule has 0 unspecified atom stereocenters. The molecular weight excluding hydrogens is 334 g/mol. The van der Waals surface area contributed by atoms with Crippen LogP contribution in [0.25, 0.3) is 0 Å². The first kappa shape index (κ1) is 19.4. The van der Waals surface area contributed by atoms with E-state index in [1.54, 1.807) is 14.2 Å². The second-order valence-corrected chi connectivity index (χ2v) is 7.14. The van der Waals surface area contributed by atoms with Crippen LogP contribution >= 0.6 is 0 Å². The second kappa shape index (κ2) is 8.57. The summed E-state index contributed by atoms with van der Waals surface area (Å²) in [7, 11) is 5.22. The summed E-state index contributed by atoms with van der Waals surface area (Å²) in [5.74, 6) is 1.70. The van der Waals surface area contributed by atoms with Gasteiger partial charge in [0.15, 0.2) is 0 Å². The Morgan fingerprint density at radius 3 is 2.50 bits per heavy atom. The van der Waals surface area contributed by atoms with Crippen LogP contribution < -0.4 is 9.47 Å². The van der Waals surface area contributed by atoms with Crippen molar-refractivity contribution in [2.24, 2.45) is 0 Å². The Kier molecular flexibility index (Phi) is 6.40. The van der Waals surface area contributed by atoms with Gasteiger partial charge in [0.25, 0.3) is 0 Å². The summed E-state index contributed by atoms with van der Waals surface area (Å²) in [5, 5.41) is 9.06. The molecule has 3 atom stereocenters. The van der Waals surface area contributed by atoms with Crippen molar-refractivity contribution in [1.82, 2.24) is 4.90 Å². The zero-order valence-electron chi connectivity index (χ0n) is 16.1. The van der Waals surface area contributed by atoms with E-state index in [9.17, 15) is 0 Å². The number of ether oxygens (including phenoxy) is 4. The maximum Gasteiger partial charge on any atom is 0.127 e. The number of methoxy groups -OCH3 is 3. The van der Waals surface area contributed by atoms with E-state index in [4.69, 9.17) is 24.1 Å². The molecular formula is C20H31NO5. The minimum Gasteiger partial charge on any atom is -0.496 e. The van der Waals surface area contributed by atoms with E-state index in [0.717, 1.165) is 55.8 Å². The van der Waals surface area contributed by atoms with Crippen molar-refractivity contribution in [2.75, 3.05) is 41.1 Å². The summed E-state index contributed by atoms with van der Waals surface area (Å²) in [4.78, 5) is 2.47. The molecule has 6 nitrogen and oxygen atoms in total. The van der Waals surface area contributed by atoms with Gasteiger partial charge in [0.1, 0.15) is 11.5 Å². The first-order chi connectivity index (χ1) is 12.7. The fourth-order valence-corrected chi connectivity index (χ4v) is 4.60. The van der Waals surface area contributed by atoms with E-state index < -0.39 is 0 Å². The van der Waals surface area contributed by atoms with Gasteiger partial charge in [-0.15, -0.1) is 0 Å². The lowest BCUT2D eigenvalue weighted by molar-refractivity contribution is -0.104. The van der Waals surface area contributed by atoms with Crippen LogP contribution in [0.1, 0.15) is 31.2 Å². The van der Waals surface area contributed by atoms with E-state index in [1.165, 1.54) is 0 Å². The smallest absolute Gasteiger partial charge is 0.127 e. The lowest BCUT2D eigenvalue weighted by atomic mass is 9.79. The van der Waals surface area contributed by atoms with Crippen molar-refractivity contribution in [3.63, 3.8) is 0 Å². The van der Waals surface area contributed by atoms with Crippen LogP contribution in [0.2, 0.25) is 0 Å². The first-order valence-electron chi connectivity index (χ1n) is 9.39. The molecule has 0 spiro atoms. The SMILES string of the molecule is COc1cccc(OC)c1CN1CC[C@]2(OC)CC[C@@H](OCCO)C[C@H]12. The fraction of sp³-hybridized carbons (Fsp3) is 0.700. The van der Waals surface area contributed by atoms with E-state index in [1.807, 2.05) is 25.3 Å². The van der Waals surface area contributed by atoms with Crippen LogP contribution in [0.5, 0.6) is 11.5 Å². The topological polar surface area (TPSA) is 60.4 Å². The largest absolute Gasteiger partial charge is 0.496 e. The van der Waals surface area contributed by atoms with Gasteiger partial charge < -0.3 is 24.1 Å². The molecule has 3 rings (SSSR count). The number of aliphatic hydroxyl groups is 1. The van der Waals surface area contributed by atoms with Gasteiger partial charge in [-0.05, 0) is 37.8 Å². The summed E-state index contributed by atoms with van der Waals surface area (Å²) in [6, 6.07) is 6.20. The molecule has 26 heavy (non-hydrogen) atoms. The summed E-state index contributed by atoms with van der Waals surface area (Å²) in [6.45, 7) is 2.21. The van der Waals surface area contributed by atoms with E-state index >= 15 is 0 Å². The van der Waals surface area contributed by atoms with Crippen molar-refractivity contribution in [3.05, 3.63) is 23.8 Å². The normalized spacial score (nSPS) is 28.8. The third-order valence-electron chi connectivity index (χ3n) is 5.99. The van der Waals surface area contributed by atoms with Crippen LogP contribution in [0.15, 0.2) is 18.2 Å². The van der Waals surface area contributed by atoms with Gasteiger partial charge in [-0.3, -0.25) is 4.90 Å². The lowest BCUT2D eigenvalue weighted by Crippen LogP contribution is -2.51. The number of likely N-dealkylation sites (tertiary alicyclic amines) is 1. The first-order valence-corrected chi connectivity index (χ1v) is 9.39. The van der Waals surface area contributed by atoms with Gasteiger partial charge in [-0.2, -0.15) is 0 Å². The van der Waals surface area contributed by atoms with Crippen LogP contribution in [0.3, 0.4) is 0 Å². The van der Waals surface area contributed by atoms with Crippen molar-refractivity contribution in [1.29, 1.82) is 0 Å². The number of aliphatic hydroxyl groups excluding tert-OH is 1. The molecule has 1 aliphatic heterocycles. The third-order valence-corrected chi connectivity index (χ3v) is 5.99. The average Bonchev–Trinajstić information content (AvgIpc) is 3.05. The molecule has 0 bridgehead atoms. The van der Waals surface area contributed by atoms with E-state index in [-0.39, 0.29) is 18.3 Å². The Morgan fingerprint density at radius 1 is 1.15 bits per heavy atom. The number of nitrogens with zero attached hydrogens (tertiary/aromatic N) is 1. The van der Waals surface area contributed by atoms with E-state index in [2.05, 4.69) is 4.90 Å². The van der Waals surface area contributed by atoms with Gasteiger partial charge >= 0.3 is 0 Å². The molecule has 0 amide bonds. The van der Waals surface area contributed by atoms with Crippen LogP contribution in [0.4, 0.5) is 0 Å². The molecule has 1 heterocycles. The minimum atomic E-state index is -0.103. The van der Waals surface area contributed by atoms with Crippen molar-refractivity contribution in [2.45, 2.75) is 50.0 Å². The number of hydrogen-bond donors (Lipinski definition) is 1. The average molecular weight is 365 g/mol. The number of hydrogen-bond acceptors (Lipinski definition) is 6. The number of rotatable bonds is 8. The Morgan fingerprint density at radius 2 is 1.88 bits per heavy atom. The maximum absolute atomic E-state index is 9.06. The molecule has 1 aromatic rings.